The van der Waals surface area contributed by atoms with Crippen molar-refractivity contribution in [1.29, 1.82) is 0 Å². The lowest BCUT2D eigenvalue weighted by atomic mass is 10.2. The number of halogens is 2. The second kappa shape index (κ2) is 8.13. The maximum Gasteiger partial charge on any atom is 0.191 e. The van der Waals surface area contributed by atoms with E-state index in [1.54, 1.807) is 17.8 Å². The van der Waals surface area contributed by atoms with Crippen LogP contribution in [0.1, 0.15) is 17.0 Å². The van der Waals surface area contributed by atoms with Gasteiger partial charge in [0.1, 0.15) is 12.4 Å². The standard InChI is InChI=1S/C18H17Cl2N3OS/c1-12-3-6-14(7-4-12)24-10-17-21-22-18(23(17)2)25-11-13-5-8-15(19)16(20)9-13/h3-9H,10-11H2,1-2H3. The van der Waals surface area contributed by atoms with Crippen LogP contribution in [0.15, 0.2) is 47.6 Å². The first-order valence-corrected chi connectivity index (χ1v) is 9.41. The molecular formula is C18H17Cl2N3OS. The number of benzene rings is 2. The molecule has 130 valence electrons. The van der Waals surface area contributed by atoms with Gasteiger partial charge < -0.3 is 9.30 Å². The molecule has 0 saturated heterocycles. The fraction of sp³-hybridized carbons (Fsp3) is 0.222. The maximum absolute atomic E-state index is 6.05. The first-order valence-electron chi connectivity index (χ1n) is 7.67. The highest BCUT2D eigenvalue weighted by Gasteiger charge is 2.10. The lowest BCUT2D eigenvalue weighted by molar-refractivity contribution is 0.290. The molecule has 2 aromatic carbocycles. The van der Waals surface area contributed by atoms with Crippen molar-refractivity contribution in [3.63, 3.8) is 0 Å². The second-order valence-corrected chi connectivity index (χ2v) is 7.35. The lowest BCUT2D eigenvalue weighted by Gasteiger charge is -2.07. The number of nitrogens with zero attached hydrogens (tertiary/aromatic N) is 3. The first kappa shape index (κ1) is 18.1. The van der Waals surface area contributed by atoms with Crippen molar-refractivity contribution < 1.29 is 4.74 Å². The summed E-state index contributed by atoms with van der Waals surface area (Å²) < 4.78 is 7.71. The van der Waals surface area contributed by atoms with Crippen LogP contribution in [0.4, 0.5) is 0 Å². The van der Waals surface area contributed by atoms with Crippen LogP contribution < -0.4 is 4.74 Å². The Morgan fingerprint density at radius 2 is 1.80 bits per heavy atom. The summed E-state index contributed by atoms with van der Waals surface area (Å²) in [7, 11) is 1.94. The van der Waals surface area contributed by atoms with Gasteiger partial charge in [0.15, 0.2) is 11.0 Å². The Bertz CT molecular complexity index is 865. The van der Waals surface area contributed by atoms with Crippen LogP contribution in [-0.4, -0.2) is 14.8 Å². The lowest BCUT2D eigenvalue weighted by Crippen LogP contribution is -2.04. The molecule has 0 aliphatic rings. The number of ether oxygens (including phenoxy) is 1. The van der Waals surface area contributed by atoms with Gasteiger partial charge in [-0.05, 0) is 36.8 Å². The fourth-order valence-electron chi connectivity index (χ4n) is 2.16. The van der Waals surface area contributed by atoms with Gasteiger partial charge in [-0.2, -0.15) is 0 Å². The van der Waals surface area contributed by atoms with E-state index in [-0.39, 0.29) is 0 Å². The predicted molar refractivity (Wildman–Crippen MR) is 103 cm³/mol. The quantitative estimate of drug-likeness (QED) is 0.532. The monoisotopic (exact) mass is 393 g/mol. The van der Waals surface area contributed by atoms with Crippen molar-refractivity contribution in [2.45, 2.75) is 24.4 Å². The summed E-state index contributed by atoms with van der Waals surface area (Å²) in [5.41, 5.74) is 2.28. The van der Waals surface area contributed by atoms with Crippen LogP contribution >= 0.6 is 35.0 Å². The maximum atomic E-state index is 6.05. The van der Waals surface area contributed by atoms with E-state index in [4.69, 9.17) is 27.9 Å². The van der Waals surface area contributed by atoms with Gasteiger partial charge in [0.2, 0.25) is 0 Å². The van der Waals surface area contributed by atoms with Crippen LogP contribution in [0.25, 0.3) is 0 Å². The third-order valence-electron chi connectivity index (χ3n) is 3.67. The topological polar surface area (TPSA) is 39.9 Å². The summed E-state index contributed by atoms with van der Waals surface area (Å²) in [6.07, 6.45) is 0. The number of hydrogen-bond donors (Lipinski definition) is 0. The molecule has 3 rings (SSSR count). The number of hydrogen-bond acceptors (Lipinski definition) is 4. The largest absolute Gasteiger partial charge is 0.486 e. The average molecular weight is 394 g/mol. The Hall–Kier alpha value is -1.69. The molecule has 0 fully saturated rings. The minimum Gasteiger partial charge on any atom is -0.486 e. The molecule has 1 heterocycles. The summed E-state index contributed by atoms with van der Waals surface area (Å²) in [5, 5.41) is 10.4. The summed E-state index contributed by atoms with van der Waals surface area (Å²) in [5.74, 6) is 2.33. The highest BCUT2D eigenvalue weighted by Crippen LogP contribution is 2.27. The molecule has 1 aromatic heterocycles. The SMILES string of the molecule is Cc1ccc(OCc2nnc(SCc3ccc(Cl)c(Cl)c3)n2C)cc1. The fourth-order valence-corrected chi connectivity index (χ4v) is 3.35. The van der Waals surface area contributed by atoms with E-state index in [0.717, 1.165) is 28.0 Å². The Morgan fingerprint density at radius 1 is 1.04 bits per heavy atom. The Kier molecular flexibility index (Phi) is 5.89. The molecule has 0 atom stereocenters. The summed E-state index contributed by atoms with van der Waals surface area (Å²) in [4.78, 5) is 0. The second-order valence-electron chi connectivity index (χ2n) is 5.60. The van der Waals surface area contributed by atoms with Crippen LogP contribution in [0.2, 0.25) is 10.0 Å². The molecule has 3 aromatic rings. The number of thioether (sulfide) groups is 1. The van der Waals surface area contributed by atoms with Gasteiger partial charge in [-0.15, -0.1) is 10.2 Å². The minimum atomic E-state index is 0.375. The minimum absolute atomic E-state index is 0.375. The zero-order valence-electron chi connectivity index (χ0n) is 13.9. The van der Waals surface area contributed by atoms with E-state index >= 15 is 0 Å². The summed E-state index contributed by atoms with van der Waals surface area (Å²) in [6.45, 7) is 2.42. The predicted octanol–water partition coefficient (Wildman–Crippen LogP) is 5.30. The van der Waals surface area contributed by atoms with Gasteiger partial charge in [-0.3, -0.25) is 0 Å². The van der Waals surface area contributed by atoms with E-state index in [2.05, 4.69) is 10.2 Å². The molecule has 0 amide bonds. The molecule has 0 spiro atoms. The van der Waals surface area contributed by atoms with Crippen molar-refractivity contribution in [3.05, 3.63) is 69.5 Å². The molecule has 0 aliphatic heterocycles. The number of aromatic nitrogens is 3. The number of rotatable bonds is 6. The Morgan fingerprint density at radius 3 is 2.52 bits per heavy atom. The van der Waals surface area contributed by atoms with Crippen molar-refractivity contribution in [2.24, 2.45) is 7.05 Å². The van der Waals surface area contributed by atoms with Crippen LogP contribution in [0.5, 0.6) is 5.75 Å². The van der Waals surface area contributed by atoms with Crippen molar-refractivity contribution in [1.82, 2.24) is 14.8 Å². The molecule has 0 bridgehead atoms. The van der Waals surface area contributed by atoms with E-state index in [1.165, 1.54) is 5.56 Å². The van der Waals surface area contributed by atoms with Crippen molar-refractivity contribution in [2.75, 3.05) is 0 Å². The molecule has 0 saturated carbocycles. The molecule has 0 aliphatic carbocycles. The van der Waals surface area contributed by atoms with Gasteiger partial charge in [0.25, 0.3) is 0 Å². The van der Waals surface area contributed by atoms with Crippen LogP contribution in [-0.2, 0) is 19.4 Å². The van der Waals surface area contributed by atoms with E-state index < -0.39 is 0 Å². The zero-order valence-corrected chi connectivity index (χ0v) is 16.2. The zero-order chi connectivity index (χ0) is 17.8. The van der Waals surface area contributed by atoms with Crippen LogP contribution in [0, 0.1) is 6.92 Å². The van der Waals surface area contributed by atoms with Crippen molar-refractivity contribution >= 4 is 35.0 Å². The van der Waals surface area contributed by atoms with Gasteiger partial charge in [-0.1, -0.05) is 58.7 Å². The molecule has 25 heavy (non-hydrogen) atoms. The highest BCUT2D eigenvalue weighted by molar-refractivity contribution is 7.98. The summed E-state index contributed by atoms with van der Waals surface area (Å²) in [6, 6.07) is 13.6. The molecule has 7 heteroatoms. The number of aryl methyl sites for hydroxylation is 1. The van der Waals surface area contributed by atoms with Crippen LogP contribution in [0.3, 0.4) is 0 Å². The molecule has 0 radical (unpaired) electrons. The molecular weight excluding hydrogens is 377 g/mol. The third kappa shape index (κ3) is 4.69. The normalized spacial score (nSPS) is 10.9. The summed E-state index contributed by atoms with van der Waals surface area (Å²) >= 11 is 13.6. The van der Waals surface area contributed by atoms with E-state index in [1.807, 2.05) is 54.9 Å². The van der Waals surface area contributed by atoms with E-state index in [0.29, 0.717) is 16.7 Å². The van der Waals surface area contributed by atoms with Crippen molar-refractivity contribution in [3.8, 4) is 5.75 Å². The highest BCUT2D eigenvalue weighted by atomic mass is 35.5. The van der Waals surface area contributed by atoms with Gasteiger partial charge in [0.05, 0.1) is 10.0 Å². The average Bonchev–Trinajstić information content (AvgIpc) is 2.95. The van der Waals surface area contributed by atoms with E-state index in [9.17, 15) is 0 Å². The smallest absolute Gasteiger partial charge is 0.191 e. The van der Waals surface area contributed by atoms with Gasteiger partial charge in [-0.25, -0.2) is 0 Å². The van der Waals surface area contributed by atoms with Gasteiger partial charge in [0, 0.05) is 12.8 Å². The first-order chi connectivity index (χ1) is 12.0. The Labute approximate surface area is 161 Å². The molecule has 0 N–H and O–H groups in total. The third-order valence-corrected chi connectivity index (χ3v) is 5.50. The Balaban J connectivity index is 1.60. The van der Waals surface area contributed by atoms with Gasteiger partial charge >= 0.3 is 0 Å². The molecule has 4 nitrogen and oxygen atoms in total. The molecule has 0 unspecified atom stereocenters.